The molecular formula is C18H16NO4+. The Kier molecular flexibility index (Phi) is 3.18. The Bertz CT molecular complexity index is 852. The van der Waals surface area contributed by atoms with Crippen molar-refractivity contribution in [2.24, 2.45) is 0 Å². The zero-order valence-corrected chi connectivity index (χ0v) is 12.5. The fourth-order valence-corrected chi connectivity index (χ4v) is 2.78. The van der Waals surface area contributed by atoms with Gasteiger partial charge in [0.15, 0.2) is 0 Å². The van der Waals surface area contributed by atoms with E-state index >= 15 is 0 Å². The Morgan fingerprint density at radius 3 is 2.65 bits per heavy atom. The first-order chi connectivity index (χ1) is 11.2. The van der Waals surface area contributed by atoms with Crippen molar-refractivity contribution in [2.75, 3.05) is 7.11 Å². The van der Waals surface area contributed by atoms with Crippen LogP contribution >= 0.6 is 0 Å². The SMILES string of the molecule is COc1ccc2c(c1)C2c1cnc(-c2ccc(C(O)[OH2+])cc2)o1. The normalized spacial score (nSPS) is 16.7. The quantitative estimate of drug-likeness (QED) is 0.464. The van der Waals surface area contributed by atoms with E-state index in [0.717, 1.165) is 17.1 Å². The highest BCUT2D eigenvalue weighted by molar-refractivity contribution is 5.61. The molecule has 0 saturated carbocycles. The van der Waals surface area contributed by atoms with Crippen LogP contribution in [0.1, 0.15) is 34.7 Å². The smallest absolute Gasteiger partial charge is 0.288 e. The summed E-state index contributed by atoms with van der Waals surface area (Å²) in [5.74, 6) is 2.36. The van der Waals surface area contributed by atoms with Gasteiger partial charge in [0.05, 0.1) is 24.8 Å². The van der Waals surface area contributed by atoms with Crippen molar-refractivity contribution in [3.8, 4) is 17.2 Å². The van der Waals surface area contributed by atoms with Crippen LogP contribution in [0.5, 0.6) is 5.75 Å². The molecule has 116 valence electrons. The number of aromatic nitrogens is 1. The van der Waals surface area contributed by atoms with E-state index in [0.29, 0.717) is 11.5 Å². The Hall–Kier alpha value is -2.63. The summed E-state index contributed by atoms with van der Waals surface area (Å²) in [6, 6.07) is 13.0. The van der Waals surface area contributed by atoms with Gasteiger partial charge in [-0.1, -0.05) is 6.07 Å². The van der Waals surface area contributed by atoms with Crippen molar-refractivity contribution in [2.45, 2.75) is 12.2 Å². The topological polar surface area (TPSA) is 78.4 Å². The van der Waals surface area contributed by atoms with Crippen LogP contribution in [0.3, 0.4) is 0 Å². The van der Waals surface area contributed by atoms with E-state index in [1.165, 1.54) is 11.1 Å². The maximum absolute atomic E-state index is 9.23. The molecule has 0 aliphatic heterocycles. The van der Waals surface area contributed by atoms with E-state index in [1.54, 1.807) is 37.6 Å². The fourth-order valence-electron chi connectivity index (χ4n) is 2.78. The molecule has 0 bridgehead atoms. The maximum Gasteiger partial charge on any atom is 0.288 e. The first-order valence-electron chi connectivity index (χ1n) is 7.30. The third kappa shape index (κ3) is 2.40. The van der Waals surface area contributed by atoms with Crippen molar-refractivity contribution in [1.82, 2.24) is 4.98 Å². The second kappa shape index (κ2) is 5.22. The lowest BCUT2D eigenvalue weighted by Crippen LogP contribution is -1.93. The van der Waals surface area contributed by atoms with Crippen LogP contribution in [0.2, 0.25) is 0 Å². The average molecular weight is 310 g/mol. The number of nitrogens with zero attached hydrogens (tertiary/aromatic N) is 1. The average Bonchev–Trinajstić information content (AvgIpc) is 3.09. The number of oxazole rings is 1. The second-order valence-corrected chi connectivity index (χ2v) is 5.52. The number of aliphatic hydroxyl groups excluding tert-OH is 1. The van der Waals surface area contributed by atoms with Crippen LogP contribution < -0.4 is 4.74 Å². The lowest BCUT2D eigenvalue weighted by Gasteiger charge is -2.00. The summed E-state index contributed by atoms with van der Waals surface area (Å²) >= 11 is 0. The van der Waals surface area contributed by atoms with Crippen molar-refractivity contribution < 1.29 is 19.4 Å². The molecule has 3 N–H and O–H groups in total. The molecule has 0 radical (unpaired) electrons. The third-order valence-electron chi connectivity index (χ3n) is 4.11. The minimum absolute atomic E-state index is 0.162. The Morgan fingerprint density at radius 2 is 1.96 bits per heavy atom. The van der Waals surface area contributed by atoms with E-state index in [-0.39, 0.29) is 5.92 Å². The Morgan fingerprint density at radius 1 is 1.17 bits per heavy atom. The molecule has 5 heteroatoms. The zero-order valence-electron chi connectivity index (χ0n) is 12.5. The van der Waals surface area contributed by atoms with Crippen molar-refractivity contribution in [3.05, 3.63) is 71.1 Å². The number of aliphatic hydroxyl groups is 1. The number of rotatable bonds is 4. The highest BCUT2D eigenvalue weighted by atomic mass is 16.5. The predicted octanol–water partition coefficient (Wildman–Crippen LogP) is 2.56. The van der Waals surface area contributed by atoms with Crippen LogP contribution in [0.4, 0.5) is 0 Å². The molecule has 23 heavy (non-hydrogen) atoms. The lowest BCUT2D eigenvalue weighted by atomic mass is 10.1. The molecule has 0 spiro atoms. The van der Waals surface area contributed by atoms with Crippen molar-refractivity contribution >= 4 is 0 Å². The molecule has 0 saturated heterocycles. The number of hydrogen-bond acceptors (Lipinski definition) is 4. The van der Waals surface area contributed by atoms with Gasteiger partial charge in [-0.05, 0) is 47.5 Å². The molecule has 1 heterocycles. The molecule has 1 aromatic heterocycles. The molecule has 1 aliphatic carbocycles. The molecule has 1 aliphatic rings. The summed E-state index contributed by atoms with van der Waals surface area (Å²) in [4.78, 5) is 4.34. The largest absolute Gasteiger partial charge is 0.497 e. The minimum atomic E-state index is -1.22. The summed E-state index contributed by atoms with van der Waals surface area (Å²) in [5.41, 5.74) is 3.81. The summed E-state index contributed by atoms with van der Waals surface area (Å²) < 4.78 is 11.1. The monoisotopic (exact) mass is 310 g/mol. The summed E-state index contributed by atoms with van der Waals surface area (Å²) in [6.45, 7) is 0. The summed E-state index contributed by atoms with van der Waals surface area (Å²) in [6.07, 6.45) is 0.528. The van der Waals surface area contributed by atoms with Crippen LogP contribution in [-0.4, -0.2) is 22.3 Å². The maximum atomic E-state index is 9.23. The van der Waals surface area contributed by atoms with E-state index in [9.17, 15) is 5.11 Å². The number of hydrogen-bond donors (Lipinski definition) is 1. The summed E-state index contributed by atoms with van der Waals surface area (Å²) in [5, 5.41) is 16.5. The van der Waals surface area contributed by atoms with E-state index in [4.69, 9.17) is 14.3 Å². The highest BCUT2D eigenvalue weighted by Gasteiger charge is 2.37. The van der Waals surface area contributed by atoms with E-state index < -0.39 is 6.29 Å². The molecule has 0 amide bonds. The standard InChI is InChI=1S/C18H15NO4/c1-22-12-6-7-13-14(8-12)16(13)15-9-19-17(23-15)10-2-4-11(5-3-10)18(20)21/h2-9,16,18,20-21H,1H3/p+1. The van der Waals surface area contributed by atoms with Crippen LogP contribution in [0, 0.1) is 0 Å². The van der Waals surface area contributed by atoms with Crippen LogP contribution in [0.25, 0.3) is 11.5 Å². The minimum Gasteiger partial charge on any atom is -0.497 e. The van der Waals surface area contributed by atoms with Crippen molar-refractivity contribution in [3.63, 3.8) is 0 Å². The van der Waals surface area contributed by atoms with Gasteiger partial charge in [-0.3, -0.25) is 0 Å². The molecule has 2 aromatic carbocycles. The molecule has 3 aromatic rings. The molecule has 4 rings (SSSR count). The van der Waals surface area contributed by atoms with Gasteiger partial charge in [-0.2, -0.15) is 0 Å². The first-order valence-corrected chi connectivity index (χ1v) is 7.30. The van der Waals surface area contributed by atoms with Crippen LogP contribution in [-0.2, 0) is 0 Å². The third-order valence-corrected chi connectivity index (χ3v) is 4.11. The van der Waals surface area contributed by atoms with Gasteiger partial charge in [0.25, 0.3) is 6.29 Å². The Labute approximate surface area is 132 Å². The van der Waals surface area contributed by atoms with E-state index in [2.05, 4.69) is 4.98 Å². The Balaban J connectivity index is 1.58. The van der Waals surface area contributed by atoms with Crippen LogP contribution in [0.15, 0.2) is 53.1 Å². The van der Waals surface area contributed by atoms with Gasteiger partial charge in [0, 0.05) is 5.56 Å². The summed E-state index contributed by atoms with van der Waals surface area (Å²) in [7, 11) is 1.66. The van der Waals surface area contributed by atoms with Gasteiger partial charge in [-0.15, -0.1) is 0 Å². The predicted molar refractivity (Wildman–Crippen MR) is 84.5 cm³/mol. The molecular weight excluding hydrogens is 294 g/mol. The second-order valence-electron chi connectivity index (χ2n) is 5.52. The molecule has 2 atom stereocenters. The number of fused-ring (bicyclic) bond motifs is 1. The number of methoxy groups -OCH3 is 1. The number of ether oxygens (including phenoxy) is 1. The fraction of sp³-hybridized carbons (Fsp3) is 0.167. The molecule has 0 fully saturated rings. The van der Waals surface area contributed by atoms with Gasteiger partial charge in [-0.25, -0.2) is 4.98 Å². The van der Waals surface area contributed by atoms with Crippen molar-refractivity contribution in [1.29, 1.82) is 0 Å². The van der Waals surface area contributed by atoms with Gasteiger partial charge < -0.3 is 19.4 Å². The number of benzene rings is 2. The molecule has 2 unspecified atom stereocenters. The molecule has 5 nitrogen and oxygen atoms in total. The van der Waals surface area contributed by atoms with E-state index in [1.807, 2.05) is 18.2 Å². The van der Waals surface area contributed by atoms with Gasteiger partial charge in [0.2, 0.25) is 5.89 Å². The zero-order chi connectivity index (χ0) is 16.0. The lowest BCUT2D eigenvalue weighted by molar-refractivity contribution is -0.0424. The highest BCUT2D eigenvalue weighted by Crippen LogP contribution is 2.50. The first kappa shape index (κ1) is 14.0. The van der Waals surface area contributed by atoms with Gasteiger partial charge >= 0.3 is 0 Å². The van der Waals surface area contributed by atoms with Gasteiger partial charge in [0.1, 0.15) is 11.5 Å².